The third-order valence-corrected chi connectivity index (χ3v) is 6.32. The first kappa shape index (κ1) is 20.4. The Hall–Kier alpha value is -1.66. The van der Waals surface area contributed by atoms with E-state index in [1.807, 2.05) is 0 Å². The molecule has 0 saturated carbocycles. The van der Waals surface area contributed by atoms with Crippen molar-refractivity contribution < 1.29 is 34.8 Å². The summed E-state index contributed by atoms with van der Waals surface area (Å²) in [5, 5.41) is 0. The van der Waals surface area contributed by atoms with Crippen molar-refractivity contribution in [2.24, 2.45) is 0 Å². The molecule has 0 N–H and O–H groups in total. The molecule has 24 heavy (non-hydrogen) atoms. The van der Waals surface area contributed by atoms with Crippen molar-refractivity contribution in [3.63, 3.8) is 0 Å². The molecular weight excluding hydrogens is 373 g/mol. The monoisotopic (exact) mass is 388 g/mol. The second-order valence-corrected chi connectivity index (χ2v) is 8.90. The van der Waals surface area contributed by atoms with Gasteiger partial charge in [0.1, 0.15) is 0 Å². The molecular formula is C12H15F3N2O5S2. The number of hydrogen-bond acceptors (Lipinski definition) is 5. The van der Waals surface area contributed by atoms with Crippen LogP contribution in [-0.4, -0.2) is 46.7 Å². The number of anilines is 1. The number of hydrogen-bond donors (Lipinski definition) is 0. The highest BCUT2D eigenvalue weighted by molar-refractivity contribution is 7.94. The highest BCUT2D eigenvalue weighted by Crippen LogP contribution is 2.33. The minimum absolute atomic E-state index is 0.124. The van der Waals surface area contributed by atoms with E-state index < -0.39 is 41.5 Å². The molecule has 1 amide bonds. The van der Waals surface area contributed by atoms with Crippen LogP contribution in [0.3, 0.4) is 0 Å². The number of sulfonamides is 2. The van der Waals surface area contributed by atoms with Gasteiger partial charge in [-0.3, -0.25) is 4.79 Å². The molecule has 1 rings (SSSR count). The van der Waals surface area contributed by atoms with Gasteiger partial charge in [0.05, 0.1) is 10.6 Å². The number of alkyl halides is 3. The average molecular weight is 388 g/mol. The van der Waals surface area contributed by atoms with Crippen LogP contribution in [0.1, 0.15) is 12.5 Å². The Bertz CT molecular complexity index is 861. The number of benzene rings is 1. The normalized spacial score (nSPS) is 13.2. The predicted molar refractivity (Wildman–Crippen MR) is 80.2 cm³/mol. The van der Waals surface area contributed by atoms with Gasteiger partial charge in [-0.15, -0.1) is 0 Å². The number of halogens is 3. The van der Waals surface area contributed by atoms with Gasteiger partial charge in [-0.25, -0.2) is 12.7 Å². The van der Waals surface area contributed by atoms with Crippen LogP contribution >= 0.6 is 0 Å². The van der Waals surface area contributed by atoms with E-state index in [2.05, 4.69) is 0 Å². The van der Waals surface area contributed by atoms with Crippen molar-refractivity contribution in [3.05, 3.63) is 23.8 Å². The van der Waals surface area contributed by atoms with Crippen molar-refractivity contribution in [2.45, 2.75) is 24.3 Å². The molecule has 1 aromatic rings. The Kier molecular flexibility index (Phi) is 5.38. The van der Waals surface area contributed by atoms with Gasteiger partial charge in [0.15, 0.2) is 0 Å². The quantitative estimate of drug-likeness (QED) is 0.779. The summed E-state index contributed by atoms with van der Waals surface area (Å²) in [5.74, 6) is -1.38. The van der Waals surface area contributed by atoms with Gasteiger partial charge in [0.25, 0.3) is 0 Å². The molecule has 0 aromatic heterocycles. The topological polar surface area (TPSA) is 91.8 Å². The standard InChI is InChI=1S/C12H15F3N2O5S2/c1-8-7-10(23(19,20)16(3)4)5-6-11(8)17(9(2)18)24(21,22)12(13,14)15/h5-7H,1-4H3. The fourth-order valence-electron chi connectivity index (χ4n) is 1.80. The first-order chi connectivity index (χ1) is 10.6. The molecule has 136 valence electrons. The summed E-state index contributed by atoms with van der Waals surface area (Å²) in [7, 11) is -7.30. The summed E-state index contributed by atoms with van der Waals surface area (Å²) in [4.78, 5) is 11.3. The molecule has 0 atom stereocenters. The van der Waals surface area contributed by atoms with Gasteiger partial charge in [0, 0.05) is 21.0 Å². The number of carbonyl (C=O) groups excluding carboxylic acids is 1. The first-order valence-electron chi connectivity index (χ1n) is 6.29. The van der Waals surface area contributed by atoms with Crippen molar-refractivity contribution in [1.29, 1.82) is 0 Å². The van der Waals surface area contributed by atoms with Crippen LogP contribution in [0.25, 0.3) is 0 Å². The second-order valence-electron chi connectivity index (χ2n) is 4.97. The molecule has 0 fully saturated rings. The van der Waals surface area contributed by atoms with E-state index in [0.29, 0.717) is 6.92 Å². The van der Waals surface area contributed by atoms with E-state index in [4.69, 9.17) is 0 Å². The maximum atomic E-state index is 12.8. The summed E-state index contributed by atoms with van der Waals surface area (Å²) in [6.07, 6.45) is 0. The van der Waals surface area contributed by atoms with Crippen molar-refractivity contribution in [2.75, 3.05) is 18.4 Å². The van der Waals surface area contributed by atoms with Crippen molar-refractivity contribution in [1.82, 2.24) is 4.31 Å². The average Bonchev–Trinajstić information content (AvgIpc) is 2.38. The van der Waals surface area contributed by atoms with Crippen LogP contribution in [0.5, 0.6) is 0 Å². The maximum absolute atomic E-state index is 12.8. The molecule has 0 aliphatic rings. The molecule has 0 aliphatic carbocycles. The van der Waals surface area contributed by atoms with Crippen LogP contribution < -0.4 is 4.31 Å². The van der Waals surface area contributed by atoms with E-state index in [1.54, 1.807) is 0 Å². The lowest BCUT2D eigenvalue weighted by atomic mass is 10.2. The summed E-state index contributed by atoms with van der Waals surface area (Å²) in [6, 6.07) is 2.77. The Morgan fingerprint density at radius 1 is 1.08 bits per heavy atom. The lowest BCUT2D eigenvalue weighted by Gasteiger charge is -2.24. The van der Waals surface area contributed by atoms with Crippen LogP contribution in [0.15, 0.2) is 23.1 Å². The minimum Gasteiger partial charge on any atom is -0.274 e. The minimum atomic E-state index is -5.95. The van der Waals surface area contributed by atoms with E-state index in [9.17, 15) is 34.8 Å². The van der Waals surface area contributed by atoms with E-state index in [-0.39, 0.29) is 10.5 Å². The largest absolute Gasteiger partial charge is 0.517 e. The molecule has 0 saturated heterocycles. The van der Waals surface area contributed by atoms with E-state index in [0.717, 1.165) is 22.5 Å². The zero-order valence-electron chi connectivity index (χ0n) is 13.1. The lowest BCUT2D eigenvalue weighted by molar-refractivity contribution is -0.115. The summed E-state index contributed by atoms with van der Waals surface area (Å²) < 4.78 is 85.9. The SMILES string of the molecule is CC(=O)N(c1ccc(S(=O)(=O)N(C)C)cc1C)S(=O)(=O)C(F)(F)F. The van der Waals surface area contributed by atoms with Crippen molar-refractivity contribution in [3.8, 4) is 0 Å². The summed E-state index contributed by atoms with van der Waals surface area (Å²) in [6.45, 7) is 1.86. The first-order valence-corrected chi connectivity index (χ1v) is 9.17. The third-order valence-electron chi connectivity index (χ3n) is 2.98. The zero-order chi connectivity index (χ0) is 19.1. The van der Waals surface area contributed by atoms with Crippen LogP contribution in [0, 0.1) is 6.92 Å². The van der Waals surface area contributed by atoms with Crippen molar-refractivity contribution >= 4 is 31.6 Å². The Morgan fingerprint density at radius 2 is 1.58 bits per heavy atom. The lowest BCUT2D eigenvalue weighted by Crippen LogP contribution is -2.44. The Balaban J connectivity index is 3.59. The number of aryl methyl sites for hydroxylation is 1. The molecule has 0 aliphatic heterocycles. The molecule has 0 unspecified atom stereocenters. The number of rotatable bonds is 4. The van der Waals surface area contributed by atoms with Gasteiger partial charge < -0.3 is 0 Å². The van der Waals surface area contributed by atoms with E-state index in [1.165, 1.54) is 21.0 Å². The predicted octanol–water partition coefficient (Wildman–Crippen LogP) is 1.45. The Labute approximate surface area is 137 Å². The smallest absolute Gasteiger partial charge is 0.274 e. The van der Waals surface area contributed by atoms with Gasteiger partial charge in [-0.05, 0) is 30.7 Å². The molecule has 7 nitrogen and oxygen atoms in total. The summed E-state index contributed by atoms with van der Waals surface area (Å²) >= 11 is 0. The van der Waals surface area contributed by atoms with Gasteiger partial charge in [0.2, 0.25) is 15.9 Å². The molecule has 0 spiro atoms. The molecule has 0 heterocycles. The number of nitrogens with zero attached hydrogens (tertiary/aromatic N) is 2. The highest BCUT2D eigenvalue weighted by Gasteiger charge is 2.52. The van der Waals surface area contributed by atoms with Crippen LogP contribution in [0.4, 0.5) is 18.9 Å². The fraction of sp³-hybridized carbons (Fsp3) is 0.417. The second kappa shape index (κ2) is 6.33. The Morgan fingerprint density at radius 3 is 1.92 bits per heavy atom. The number of amides is 1. The van der Waals surface area contributed by atoms with Crippen LogP contribution in [-0.2, 0) is 24.8 Å². The van der Waals surface area contributed by atoms with Gasteiger partial charge in [-0.1, -0.05) is 0 Å². The van der Waals surface area contributed by atoms with Gasteiger partial charge >= 0.3 is 15.5 Å². The number of carbonyl (C=O) groups is 1. The van der Waals surface area contributed by atoms with Crippen LogP contribution in [0.2, 0.25) is 0 Å². The molecule has 0 bridgehead atoms. The molecule has 0 radical (unpaired) electrons. The van der Waals surface area contributed by atoms with E-state index >= 15 is 0 Å². The highest BCUT2D eigenvalue weighted by atomic mass is 32.2. The summed E-state index contributed by atoms with van der Waals surface area (Å²) in [5.41, 5.74) is -6.38. The molecule has 1 aromatic carbocycles. The fourth-order valence-corrected chi connectivity index (χ4v) is 3.80. The third kappa shape index (κ3) is 3.54. The molecule has 12 heteroatoms. The zero-order valence-corrected chi connectivity index (χ0v) is 14.8. The van der Waals surface area contributed by atoms with Gasteiger partial charge in [-0.2, -0.15) is 25.9 Å². The maximum Gasteiger partial charge on any atom is 0.517 e.